The van der Waals surface area contributed by atoms with Crippen molar-refractivity contribution in [3.05, 3.63) is 24.3 Å². The highest BCUT2D eigenvalue weighted by molar-refractivity contribution is 5.71. The second-order valence-corrected chi connectivity index (χ2v) is 2.15. The van der Waals surface area contributed by atoms with Gasteiger partial charge in [-0.3, -0.25) is 4.99 Å². The topological polar surface area (TPSA) is 24.4 Å². The second-order valence-electron chi connectivity index (χ2n) is 2.15. The maximum Gasteiger partial charge on any atom is 0.0856 e. The van der Waals surface area contributed by atoms with E-state index in [2.05, 4.69) is 10.3 Å². The summed E-state index contributed by atoms with van der Waals surface area (Å²) in [5.41, 5.74) is 2.04. The molecule has 0 heterocycles. The van der Waals surface area contributed by atoms with Gasteiger partial charge in [0.25, 0.3) is 0 Å². The lowest BCUT2D eigenvalue weighted by Gasteiger charge is -2.02. The summed E-state index contributed by atoms with van der Waals surface area (Å²) in [7, 11) is 1.89. The molecule has 0 saturated carbocycles. The molecule has 0 aliphatic carbocycles. The summed E-state index contributed by atoms with van der Waals surface area (Å²) < 4.78 is 0. The van der Waals surface area contributed by atoms with E-state index in [9.17, 15) is 0 Å². The van der Waals surface area contributed by atoms with Crippen LogP contribution >= 0.6 is 0 Å². The molecule has 1 N–H and O–H groups in total. The average molecular weight is 148 g/mol. The molecule has 0 amide bonds. The largest absolute Gasteiger partial charge is 0.386 e. The van der Waals surface area contributed by atoms with Gasteiger partial charge in [-0.25, -0.2) is 0 Å². The molecular formula is C9H12N2. The van der Waals surface area contributed by atoms with Crippen molar-refractivity contribution in [1.29, 1.82) is 0 Å². The summed E-state index contributed by atoms with van der Waals surface area (Å²) >= 11 is 0. The van der Waals surface area contributed by atoms with Crippen LogP contribution in [0, 0.1) is 0 Å². The predicted molar refractivity (Wildman–Crippen MR) is 49.8 cm³/mol. The summed E-state index contributed by atoms with van der Waals surface area (Å²) in [6.07, 6.45) is 1.79. The van der Waals surface area contributed by atoms with Gasteiger partial charge in [0.2, 0.25) is 0 Å². The van der Waals surface area contributed by atoms with Crippen LogP contribution < -0.4 is 5.32 Å². The Morgan fingerprint density at radius 3 is 2.73 bits per heavy atom. The molecule has 0 spiro atoms. The third kappa shape index (κ3) is 1.80. The number of anilines is 1. The Morgan fingerprint density at radius 1 is 1.36 bits per heavy atom. The van der Waals surface area contributed by atoms with Crippen LogP contribution in [-0.4, -0.2) is 13.3 Å². The normalized spacial score (nSPS) is 10.4. The Balaban J connectivity index is 3.02. The maximum atomic E-state index is 4.19. The molecule has 11 heavy (non-hydrogen) atoms. The van der Waals surface area contributed by atoms with Crippen LogP contribution in [0.15, 0.2) is 29.3 Å². The first-order valence-electron chi connectivity index (χ1n) is 3.64. The number of nitrogens with zero attached hydrogens (tertiary/aromatic N) is 1. The highest BCUT2D eigenvalue weighted by Crippen LogP contribution is 2.22. The van der Waals surface area contributed by atoms with Gasteiger partial charge in [0.15, 0.2) is 0 Å². The molecule has 0 atom stereocenters. The molecule has 0 fully saturated rings. The van der Waals surface area contributed by atoms with E-state index in [0.717, 1.165) is 11.4 Å². The van der Waals surface area contributed by atoms with Crippen LogP contribution in [0.2, 0.25) is 0 Å². The van der Waals surface area contributed by atoms with Gasteiger partial charge < -0.3 is 5.32 Å². The van der Waals surface area contributed by atoms with Gasteiger partial charge in [0.05, 0.1) is 11.4 Å². The SMILES string of the molecule is C/C=N\c1ccccc1NC. The van der Waals surface area contributed by atoms with E-state index in [1.165, 1.54) is 0 Å². The minimum absolute atomic E-state index is 0.984. The molecule has 0 aliphatic rings. The fourth-order valence-electron chi connectivity index (χ4n) is 0.937. The summed E-state index contributed by atoms with van der Waals surface area (Å²) in [6.45, 7) is 1.91. The third-order valence-corrected chi connectivity index (χ3v) is 1.44. The summed E-state index contributed by atoms with van der Waals surface area (Å²) in [5, 5.41) is 3.07. The van der Waals surface area contributed by atoms with Gasteiger partial charge in [-0.1, -0.05) is 12.1 Å². The number of rotatable bonds is 2. The monoisotopic (exact) mass is 148 g/mol. The zero-order valence-electron chi connectivity index (χ0n) is 6.83. The lowest BCUT2D eigenvalue weighted by atomic mass is 10.3. The van der Waals surface area contributed by atoms with Crippen molar-refractivity contribution < 1.29 is 0 Å². The van der Waals surface area contributed by atoms with Crippen LogP contribution in [-0.2, 0) is 0 Å². The summed E-state index contributed by atoms with van der Waals surface area (Å²) in [4.78, 5) is 4.19. The number of hydrogen-bond acceptors (Lipinski definition) is 2. The van der Waals surface area contributed by atoms with Gasteiger partial charge in [0.1, 0.15) is 0 Å². The van der Waals surface area contributed by atoms with E-state index in [1.807, 2.05) is 38.2 Å². The molecule has 1 aromatic carbocycles. The van der Waals surface area contributed by atoms with Crippen molar-refractivity contribution in [3.63, 3.8) is 0 Å². The smallest absolute Gasteiger partial charge is 0.0856 e. The van der Waals surface area contributed by atoms with Crippen LogP contribution in [0.1, 0.15) is 6.92 Å². The van der Waals surface area contributed by atoms with Gasteiger partial charge in [-0.15, -0.1) is 0 Å². The number of benzene rings is 1. The van der Waals surface area contributed by atoms with Gasteiger partial charge in [-0.05, 0) is 19.1 Å². The second kappa shape index (κ2) is 3.76. The lowest BCUT2D eigenvalue weighted by molar-refractivity contribution is 1.45. The first-order chi connectivity index (χ1) is 5.38. The van der Waals surface area contributed by atoms with Crippen molar-refractivity contribution in [2.24, 2.45) is 4.99 Å². The number of aliphatic imine (C=N–C) groups is 1. The first-order valence-corrected chi connectivity index (χ1v) is 3.64. The number of para-hydroxylation sites is 2. The Morgan fingerprint density at radius 2 is 2.09 bits per heavy atom. The number of nitrogens with one attached hydrogen (secondary N) is 1. The van der Waals surface area contributed by atoms with Gasteiger partial charge >= 0.3 is 0 Å². The molecule has 2 nitrogen and oxygen atoms in total. The van der Waals surface area contributed by atoms with Crippen LogP contribution in [0.5, 0.6) is 0 Å². The van der Waals surface area contributed by atoms with Crippen molar-refractivity contribution >= 4 is 17.6 Å². The van der Waals surface area contributed by atoms with Crippen molar-refractivity contribution in [1.82, 2.24) is 0 Å². The highest BCUT2D eigenvalue weighted by atomic mass is 14.9. The molecule has 58 valence electrons. The van der Waals surface area contributed by atoms with E-state index >= 15 is 0 Å². The molecule has 0 bridgehead atoms. The summed E-state index contributed by atoms with van der Waals surface area (Å²) in [5.74, 6) is 0. The highest BCUT2D eigenvalue weighted by Gasteiger charge is 1.93. The maximum absolute atomic E-state index is 4.19. The van der Waals surface area contributed by atoms with Crippen LogP contribution in [0.3, 0.4) is 0 Å². The van der Waals surface area contributed by atoms with E-state index < -0.39 is 0 Å². The first kappa shape index (κ1) is 7.79. The van der Waals surface area contributed by atoms with Gasteiger partial charge in [-0.2, -0.15) is 0 Å². The Bertz CT molecular complexity index is 253. The fourth-order valence-corrected chi connectivity index (χ4v) is 0.937. The van der Waals surface area contributed by atoms with E-state index in [0.29, 0.717) is 0 Å². The lowest BCUT2D eigenvalue weighted by Crippen LogP contribution is -1.86. The van der Waals surface area contributed by atoms with E-state index in [4.69, 9.17) is 0 Å². The third-order valence-electron chi connectivity index (χ3n) is 1.44. The van der Waals surface area contributed by atoms with E-state index in [1.54, 1.807) is 6.21 Å². The zero-order valence-corrected chi connectivity index (χ0v) is 6.83. The summed E-state index contributed by atoms with van der Waals surface area (Å²) in [6, 6.07) is 7.94. The standard InChI is InChI=1S/C9H12N2/c1-3-11-9-7-5-4-6-8(9)10-2/h3-7,10H,1-2H3/b11-3-. The van der Waals surface area contributed by atoms with Crippen molar-refractivity contribution in [2.45, 2.75) is 6.92 Å². The van der Waals surface area contributed by atoms with Crippen LogP contribution in [0.4, 0.5) is 11.4 Å². The minimum atomic E-state index is 0.984. The molecule has 0 unspecified atom stereocenters. The van der Waals surface area contributed by atoms with Gasteiger partial charge in [0, 0.05) is 13.3 Å². The molecule has 0 aromatic heterocycles. The molecule has 0 saturated heterocycles. The van der Waals surface area contributed by atoms with E-state index in [-0.39, 0.29) is 0 Å². The van der Waals surface area contributed by atoms with Crippen molar-refractivity contribution in [3.8, 4) is 0 Å². The average Bonchev–Trinajstić information content (AvgIpc) is 2.06. The Hall–Kier alpha value is -1.31. The minimum Gasteiger partial charge on any atom is -0.386 e. The fraction of sp³-hybridized carbons (Fsp3) is 0.222. The molecule has 2 heteroatoms. The van der Waals surface area contributed by atoms with Crippen molar-refractivity contribution in [2.75, 3.05) is 12.4 Å². The Kier molecular flexibility index (Phi) is 2.66. The number of hydrogen-bond donors (Lipinski definition) is 1. The molecule has 1 aromatic rings. The molecule has 0 radical (unpaired) electrons. The molecule has 1 rings (SSSR count). The Labute approximate surface area is 67.0 Å². The molecular weight excluding hydrogens is 136 g/mol. The van der Waals surface area contributed by atoms with Crippen LogP contribution in [0.25, 0.3) is 0 Å². The molecule has 0 aliphatic heterocycles. The quantitative estimate of drug-likeness (QED) is 0.640. The zero-order chi connectivity index (χ0) is 8.10. The predicted octanol–water partition coefficient (Wildman–Crippen LogP) is 2.45.